The number of nitrogens with zero attached hydrogens (tertiary/aromatic N) is 1. The van der Waals surface area contributed by atoms with Gasteiger partial charge in [0.05, 0.1) is 11.1 Å². The summed E-state index contributed by atoms with van der Waals surface area (Å²) in [4.78, 5) is 26.6. The minimum absolute atomic E-state index is 0.164. The maximum Gasteiger partial charge on any atom is 0.256 e. The number of para-hydroxylation sites is 1. The van der Waals surface area contributed by atoms with E-state index in [0.29, 0.717) is 39.5 Å². The summed E-state index contributed by atoms with van der Waals surface area (Å²) in [5.74, 6) is 0.167. The van der Waals surface area contributed by atoms with Crippen LogP contribution in [-0.2, 0) is 6.54 Å². The highest BCUT2D eigenvalue weighted by molar-refractivity contribution is 6.33. The molecule has 0 saturated heterocycles. The van der Waals surface area contributed by atoms with Gasteiger partial charge >= 0.3 is 0 Å². The Hall–Kier alpha value is -3.37. The molecule has 4 rings (SSSR count). The third-order valence-electron chi connectivity index (χ3n) is 5.18. The number of nitrogens with one attached hydrogen (secondary N) is 1. The Kier molecular flexibility index (Phi) is 5.42. The van der Waals surface area contributed by atoms with Crippen molar-refractivity contribution in [2.45, 2.75) is 20.4 Å². The van der Waals surface area contributed by atoms with Gasteiger partial charge in [0.25, 0.3) is 5.91 Å². The molecule has 150 valence electrons. The number of halogens is 1. The van der Waals surface area contributed by atoms with Crippen molar-refractivity contribution in [3.05, 3.63) is 99.2 Å². The number of amides is 1. The zero-order valence-corrected chi connectivity index (χ0v) is 17.5. The average Bonchev–Trinajstić information content (AvgIpc) is 2.76. The summed E-state index contributed by atoms with van der Waals surface area (Å²) in [5, 5.41) is 4.03. The number of aryl methyl sites for hydroxylation is 2. The summed E-state index contributed by atoms with van der Waals surface area (Å²) in [7, 11) is 0. The normalized spacial score (nSPS) is 10.9. The number of carbonyl (C=O) groups is 1. The van der Waals surface area contributed by atoms with Crippen molar-refractivity contribution < 1.29 is 4.79 Å². The van der Waals surface area contributed by atoms with E-state index in [1.807, 2.05) is 60.9 Å². The van der Waals surface area contributed by atoms with Gasteiger partial charge in [-0.1, -0.05) is 59.6 Å². The lowest BCUT2D eigenvalue weighted by Gasteiger charge is -2.20. The molecule has 0 aliphatic rings. The van der Waals surface area contributed by atoms with Crippen LogP contribution in [0.15, 0.2) is 77.6 Å². The Bertz CT molecular complexity index is 1310. The molecule has 1 N–H and O–H groups in total. The van der Waals surface area contributed by atoms with Crippen LogP contribution in [0.4, 0.5) is 5.82 Å². The zero-order chi connectivity index (χ0) is 21.3. The van der Waals surface area contributed by atoms with Gasteiger partial charge in [0.1, 0.15) is 5.82 Å². The molecule has 3 aromatic carbocycles. The fourth-order valence-electron chi connectivity index (χ4n) is 3.66. The van der Waals surface area contributed by atoms with Crippen molar-refractivity contribution >= 4 is 34.2 Å². The molecule has 0 aliphatic heterocycles. The lowest BCUT2D eigenvalue weighted by atomic mass is 10.0. The molecule has 0 aliphatic carbocycles. The summed E-state index contributed by atoms with van der Waals surface area (Å²) in [6.45, 7) is 4.52. The summed E-state index contributed by atoms with van der Waals surface area (Å²) in [6, 6.07) is 21.9. The summed E-state index contributed by atoms with van der Waals surface area (Å²) >= 11 is 6.46. The van der Waals surface area contributed by atoms with Crippen LogP contribution < -0.4 is 10.7 Å². The Labute approximate surface area is 179 Å². The molecule has 0 radical (unpaired) electrons. The number of fused-ring (bicyclic) bond motifs is 1. The topological polar surface area (TPSA) is 51.1 Å². The number of hydrogen-bond donors (Lipinski definition) is 1. The first-order chi connectivity index (χ1) is 14.5. The lowest BCUT2D eigenvalue weighted by Crippen LogP contribution is -2.22. The molecule has 1 aromatic heterocycles. The molecule has 4 nitrogen and oxygen atoms in total. The highest BCUT2D eigenvalue weighted by Crippen LogP contribution is 2.33. The van der Waals surface area contributed by atoms with E-state index in [9.17, 15) is 9.59 Å². The van der Waals surface area contributed by atoms with Gasteiger partial charge in [0, 0.05) is 28.1 Å². The van der Waals surface area contributed by atoms with Gasteiger partial charge in [-0.05, 0) is 44.2 Å². The summed E-state index contributed by atoms with van der Waals surface area (Å²) < 4.78 is 1.95. The Balaban J connectivity index is 2.00. The van der Waals surface area contributed by atoms with Crippen LogP contribution in [0.1, 0.15) is 22.8 Å². The Morgan fingerprint density at radius 1 is 0.967 bits per heavy atom. The number of benzene rings is 3. The molecular weight excluding hydrogens is 396 g/mol. The second kappa shape index (κ2) is 8.17. The molecular formula is C25H21ClN2O2. The minimum Gasteiger partial charge on any atom is -0.327 e. The zero-order valence-electron chi connectivity index (χ0n) is 16.8. The number of anilines is 1. The van der Waals surface area contributed by atoms with Crippen molar-refractivity contribution in [3.8, 4) is 11.1 Å². The van der Waals surface area contributed by atoms with Gasteiger partial charge < -0.3 is 9.88 Å². The molecule has 4 aromatic rings. The number of aromatic nitrogens is 1. The predicted molar refractivity (Wildman–Crippen MR) is 123 cm³/mol. The summed E-state index contributed by atoms with van der Waals surface area (Å²) in [5.41, 5.74) is 3.18. The van der Waals surface area contributed by atoms with Crippen LogP contribution in [0.5, 0.6) is 0 Å². The van der Waals surface area contributed by atoms with Crippen molar-refractivity contribution in [2.24, 2.45) is 0 Å². The van der Waals surface area contributed by atoms with Crippen molar-refractivity contribution in [2.75, 3.05) is 5.32 Å². The maximum absolute atomic E-state index is 13.5. The molecule has 30 heavy (non-hydrogen) atoms. The Morgan fingerprint density at radius 2 is 1.63 bits per heavy atom. The molecule has 0 fully saturated rings. The van der Waals surface area contributed by atoms with Gasteiger partial charge in [-0.25, -0.2) is 0 Å². The fraction of sp³-hybridized carbons (Fsp3) is 0.120. The fourth-order valence-corrected chi connectivity index (χ4v) is 3.89. The van der Waals surface area contributed by atoms with Crippen LogP contribution in [0.2, 0.25) is 5.02 Å². The second-order valence-electron chi connectivity index (χ2n) is 7.11. The largest absolute Gasteiger partial charge is 0.327 e. The SMILES string of the molecule is CCn1c(NC(=O)c2ccc(C)cc2)c(-c2ccccc2Cl)c(=O)c2ccccc21. The number of rotatable bonds is 4. The molecule has 1 heterocycles. The number of carbonyl (C=O) groups excluding carboxylic acids is 1. The van der Waals surface area contributed by atoms with E-state index in [0.717, 1.165) is 11.1 Å². The van der Waals surface area contributed by atoms with Gasteiger partial charge in [0.2, 0.25) is 0 Å². The molecule has 5 heteroatoms. The summed E-state index contributed by atoms with van der Waals surface area (Å²) in [6.07, 6.45) is 0. The van der Waals surface area contributed by atoms with Crippen LogP contribution in [-0.4, -0.2) is 10.5 Å². The first-order valence-corrected chi connectivity index (χ1v) is 10.2. The van der Waals surface area contributed by atoms with Crippen LogP contribution in [0.3, 0.4) is 0 Å². The van der Waals surface area contributed by atoms with Gasteiger partial charge in [0.15, 0.2) is 5.43 Å². The molecule has 0 bridgehead atoms. The van der Waals surface area contributed by atoms with E-state index >= 15 is 0 Å². The van der Waals surface area contributed by atoms with Crippen LogP contribution in [0, 0.1) is 6.92 Å². The van der Waals surface area contributed by atoms with Gasteiger partial charge in [-0.3, -0.25) is 9.59 Å². The lowest BCUT2D eigenvalue weighted by molar-refractivity contribution is 0.102. The van der Waals surface area contributed by atoms with E-state index in [4.69, 9.17) is 11.6 Å². The first-order valence-electron chi connectivity index (χ1n) is 9.79. The van der Waals surface area contributed by atoms with Crippen molar-refractivity contribution in [1.29, 1.82) is 0 Å². The third kappa shape index (κ3) is 3.51. The second-order valence-corrected chi connectivity index (χ2v) is 7.52. The van der Waals surface area contributed by atoms with E-state index < -0.39 is 0 Å². The highest BCUT2D eigenvalue weighted by Gasteiger charge is 2.21. The van der Waals surface area contributed by atoms with Crippen molar-refractivity contribution in [3.63, 3.8) is 0 Å². The average molecular weight is 417 g/mol. The highest BCUT2D eigenvalue weighted by atomic mass is 35.5. The minimum atomic E-state index is -0.278. The maximum atomic E-state index is 13.5. The number of hydrogen-bond acceptors (Lipinski definition) is 2. The third-order valence-corrected chi connectivity index (χ3v) is 5.51. The molecule has 0 saturated carbocycles. The Morgan fingerprint density at radius 3 is 2.33 bits per heavy atom. The molecule has 1 amide bonds. The number of pyridine rings is 1. The van der Waals surface area contributed by atoms with E-state index in [1.165, 1.54) is 0 Å². The molecule has 0 atom stereocenters. The van der Waals surface area contributed by atoms with Gasteiger partial charge in [-0.2, -0.15) is 0 Å². The predicted octanol–water partition coefficient (Wildman–Crippen LogP) is 5.90. The van der Waals surface area contributed by atoms with E-state index in [1.54, 1.807) is 30.3 Å². The van der Waals surface area contributed by atoms with E-state index in [-0.39, 0.29) is 11.3 Å². The van der Waals surface area contributed by atoms with Crippen molar-refractivity contribution in [1.82, 2.24) is 4.57 Å². The smallest absolute Gasteiger partial charge is 0.256 e. The molecule has 0 unspecified atom stereocenters. The van der Waals surface area contributed by atoms with Crippen LogP contribution in [0.25, 0.3) is 22.0 Å². The molecule has 0 spiro atoms. The first kappa shape index (κ1) is 19.9. The van der Waals surface area contributed by atoms with Crippen LogP contribution >= 0.6 is 11.6 Å². The van der Waals surface area contributed by atoms with Gasteiger partial charge in [-0.15, -0.1) is 0 Å². The van der Waals surface area contributed by atoms with E-state index in [2.05, 4.69) is 5.32 Å². The standard InChI is InChI=1S/C25H21ClN2O2/c1-3-28-21-11-7-5-9-19(21)23(29)22(18-8-4-6-10-20(18)26)24(28)27-25(30)17-14-12-16(2)13-15-17/h4-15H,3H2,1-2H3,(H,27,30). The quantitative estimate of drug-likeness (QED) is 0.450. The monoisotopic (exact) mass is 416 g/mol.